The lowest BCUT2D eigenvalue weighted by Crippen LogP contribution is -2.34. The Balaban J connectivity index is 1.92. The fourth-order valence-corrected chi connectivity index (χ4v) is 4.58. The fourth-order valence-electron chi connectivity index (χ4n) is 4.58. The van der Waals surface area contributed by atoms with Crippen LogP contribution in [-0.2, 0) is 9.59 Å². The Labute approximate surface area is 212 Å². The Kier molecular flexibility index (Phi) is 9.76. The third-order valence-corrected chi connectivity index (χ3v) is 6.51. The molecule has 1 aliphatic heterocycles. The zero-order valence-electron chi connectivity index (χ0n) is 21.1. The summed E-state index contributed by atoms with van der Waals surface area (Å²) < 4.78 is 0. The number of amides is 1. The van der Waals surface area contributed by atoms with Crippen LogP contribution in [0.1, 0.15) is 63.1 Å². The first-order valence-electron chi connectivity index (χ1n) is 12.7. The first kappa shape index (κ1) is 27.1. The minimum atomic E-state index is -0.776. The fraction of sp³-hybridized carbons (Fsp3) is 0.429. The number of hydrogen-bond donors (Lipinski definition) is 1. The maximum atomic E-state index is 13.2. The highest BCUT2D eigenvalue weighted by Crippen LogP contribution is 2.39. The van der Waals surface area contributed by atoms with Gasteiger partial charge in [-0.2, -0.15) is 0 Å². The molecule has 36 heavy (non-hydrogen) atoms. The van der Waals surface area contributed by atoms with E-state index in [4.69, 9.17) is 0 Å². The lowest BCUT2D eigenvalue weighted by atomic mass is 9.95. The summed E-state index contributed by atoms with van der Waals surface area (Å²) in [6, 6.07) is 13.8. The molecule has 0 aliphatic carbocycles. The Morgan fingerprint density at radius 3 is 2.22 bits per heavy atom. The number of hydrogen-bond acceptors (Lipinski definition) is 6. The summed E-state index contributed by atoms with van der Waals surface area (Å²) in [6.45, 7) is 7.52. The third-order valence-electron chi connectivity index (χ3n) is 6.51. The molecule has 2 aromatic carbocycles. The molecule has 0 radical (unpaired) electrons. The second-order valence-electron chi connectivity index (χ2n) is 9.11. The standard InChI is InChI=1S/C28H35N3O5/c1-3-5-16-29(17-6-4-2)18-11-19-30-25(21-12-8-7-9-13-21)24(27(33)28(30)34)26(32)22-14-10-15-23(20-22)31(35)36/h7-10,12-15,20,25,32H,3-6,11,16-19H2,1-2H3/t25-/m0/s1. The number of carbonyl (C=O) groups excluding carboxylic acids is 2. The predicted molar refractivity (Wildman–Crippen MR) is 139 cm³/mol. The van der Waals surface area contributed by atoms with Crippen molar-refractivity contribution in [1.29, 1.82) is 0 Å². The van der Waals surface area contributed by atoms with Gasteiger partial charge in [0.25, 0.3) is 17.4 Å². The normalized spacial score (nSPS) is 17.2. The van der Waals surface area contributed by atoms with E-state index in [0.29, 0.717) is 18.5 Å². The number of nitro benzene ring substituents is 1. The summed E-state index contributed by atoms with van der Waals surface area (Å²) in [4.78, 5) is 40.9. The summed E-state index contributed by atoms with van der Waals surface area (Å²) in [5.74, 6) is -1.84. The quantitative estimate of drug-likeness (QED) is 0.133. The van der Waals surface area contributed by atoms with Gasteiger partial charge in [-0.05, 0) is 44.5 Å². The maximum Gasteiger partial charge on any atom is 0.295 e. The number of likely N-dealkylation sites (tertiary alicyclic amines) is 1. The van der Waals surface area contributed by atoms with Crippen molar-refractivity contribution in [2.24, 2.45) is 0 Å². The van der Waals surface area contributed by atoms with Gasteiger partial charge in [-0.1, -0.05) is 69.2 Å². The number of non-ortho nitro benzene ring substituents is 1. The van der Waals surface area contributed by atoms with E-state index in [2.05, 4.69) is 18.7 Å². The summed E-state index contributed by atoms with van der Waals surface area (Å²) >= 11 is 0. The van der Waals surface area contributed by atoms with Crippen molar-refractivity contribution >= 4 is 23.1 Å². The summed E-state index contributed by atoms with van der Waals surface area (Å²) in [7, 11) is 0. The molecule has 1 heterocycles. The van der Waals surface area contributed by atoms with Crippen molar-refractivity contribution in [1.82, 2.24) is 9.80 Å². The number of aliphatic hydroxyl groups is 1. The molecular formula is C28H35N3O5. The molecule has 2 aromatic rings. The van der Waals surface area contributed by atoms with Crippen LogP contribution in [0.5, 0.6) is 0 Å². The molecule has 1 amide bonds. The van der Waals surface area contributed by atoms with Gasteiger partial charge >= 0.3 is 0 Å². The number of carbonyl (C=O) groups is 2. The average Bonchev–Trinajstić information content (AvgIpc) is 3.15. The van der Waals surface area contributed by atoms with Crippen molar-refractivity contribution in [3.05, 3.63) is 81.4 Å². The third kappa shape index (κ3) is 6.37. The molecule has 1 aliphatic rings. The van der Waals surface area contributed by atoms with Crippen molar-refractivity contribution in [3.8, 4) is 0 Å². The number of nitro groups is 1. The highest BCUT2D eigenvalue weighted by atomic mass is 16.6. The first-order valence-corrected chi connectivity index (χ1v) is 12.7. The molecule has 1 atom stereocenters. The van der Waals surface area contributed by atoms with E-state index >= 15 is 0 Å². The van der Waals surface area contributed by atoms with E-state index in [1.54, 1.807) is 0 Å². The van der Waals surface area contributed by atoms with Gasteiger partial charge in [-0.3, -0.25) is 19.7 Å². The van der Waals surface area contributed by atoms with Crippen molar-refractivity contribution in [3.63, 3.8) is 0 Å². The summed E-state index contributed by atoms with van der Waals surface area (Å²) in [5.41, 5.74) is 0.593. The molecule has 1 N–H and O–H groups in total. The highest BCUT2D eigenvalue weighted by Gasteiger charge is 2.45. The Morgan fingerprint density at radius 1 is 0.972 bits per heavy atom. The Bertz CT molecular complexity index is 1090. The van der Waals surface area contributed by atoms with Gasteiger partial charge in [0.05, 0.1) is 16.5 Å². The van der Waals surface area contributed by atoms with Gasteiger partial charge in [0.15, 0.2) is 0 Å². The minimum absolute atomic E-state index is 0.0412. The average molecular weight is 494 g/mol. The number of ketones is 1. The van der Waals surface area contributed by atoms with Crippen LogP contribution in [0.25, 0.3) is 5.76 Å². The monoisotopic (exact) mass is 493 g/mol. The van der Waals surface area contributed by atoms with Crippen molar-refractivity contribution in [2.45, 2.75) is 52.0 Å². The van der Waals surface area contributed by atoms with E-state index in [-0.39, 0.29) is 16.8 Å². The smallest absolute Gasteiger partial charge is 0.295 e. The number of rotatable bonds is 13. The van der Waals surface area contributed by atoms with E-state index in [0.717, 1.165) is 45.3 Å². The molecule has 8 heteroatoms. The number of aliphatic hydroxyl groups excluding tert-OH is 1. The topological polar surface area (TPSA) is 104 Å². The van der Waals surface area contributed by atoms with E-state index < -0.39 is 28.4 Å². The summed E-state index contributed by atoms with van der Waals surface area (Å²) in [6.07, 6.45) is 5.15. The van der Waals surface area contributed by atoms with Crippen LogP contribution in [-0.4, -0.2) is 57.7 Å². The zero-order chi connectivity index (χ0) is 26.1. The van der Waals surface area contributed by atoms with Gasteiger partial charge in [0.2, 0.25) is 0 Å². The molecule has 0 unspecified atom stereocenters. The van der Waals surface area contributed by atoms with E-state index in [9.17, 15) is 24.8 Å². The molecule has 3 rings (SSSR count). The molecule has 1 fully saturated rings. The van der Waals surface area contributed by atoms with Crippen LogP contribution in [0.4, 0.5) is 5.69 Å². The van der Waals surface area contributed by atoms with Crippen LogP contribution in [0.3, 0.4) is 0 Å². The molecular weight excluding hydrogens is 458 g/mol. The lowest BCUT2D eigenvalue weighted by Gasteiger charge is -2.27. The lowest BCUT2D eigenvalue weighted by molar-refractivity contribution is -0.384. The van der Waals surface area contributed by atoms with Gasteiger partial charge in [-0.15, -0.1) is 0 Å². The SMILES string of the molecule is CCCCN(CCCC)CCCN1C(=O)C(=O)C(=C(O)c2cccc([N+](=O)[O-])c2)[C@@H]1c1ccccc1. The van der Waals surface area contributed by atoms with Crippen LogP contribution in [0.15, 0.2) is 60.2 Å². The highest BCUT2D eigenvalue weighted by molar-refractivity contribution is 6.46. The first-order chi connectivity index (χ1) is 17.4. The second kappa shape index (κ2) is 13.0. The predicted octanol–water partition coefficient (Wildman–Crippen LogP) is 5.31. The number of Topliss-reactive ketones (excluding diaryl/α,β-unsaturated/α-hetero) is 1. The molecule has 192 valence electrons. The molecule has 0 aromatic heterocycles. The van der Waals surface area contributed by atoms with Crippen LogP contribution in [0, 0.1) is 10.1 Å². The van der Waals surface area contributed by atoms with E-state index in [1.807, 2.05) is 30.3 Å². The summed E-state index contributed by atoms with van der Waals surface area (Å²) in [5, 5.41) is 22.4. The van der Waals surface area contributed by atoms with E-state index in [1.165, 1.54) is 29.2 Å². The Morgan fingerprint density at radius 2 is 1.61 bits per heavy atom. The number of nitrogens with zero attached hydrogens (tertiary/aromatic N) is 3. The molecule has 0 bridgehead atoms. The Hall–Kier alpha value is -3.52. The largest absolute Gasteiger partial charge is 0.507 e. The van der Waals surface area contributed by atoms with Gasteiger partial charge < -0.3 is 14.9 Å². The zero-order valence-corrected chi connectivity index (χ0v) is 21.1. The second-order valence-corrected chi connectivity index (χ2v) is 9.11. The van der Waals surface area contributed by atoms with Crippen molar-refractivity contribution < 1.29 is 19.6 Å². The molecule has 0 spiro atoms. The molecule has 0 saturated carbocycles. The number of benzene rings is 2. The molecule has 1 saturated heterocycles. The van der Waals surface area contributed by atoms with Crippen LogP contribution in [0.2, 0.25) is 0 Å². The molecule has 8 nitrogen and oxygen atoms in total. The minimum Gasteiger partial charge on any atom is -0.507 e. The van der Waals surface area contributed by atoms with Gasteiger partial charge in [0.1, 0.15) is 5.76 Å². The van der Waals surface area contributed by atoms with Crippen molar-refractivity contribution in [2.75, 3.05) is 26.2 Å². The number of unbranched alkanes of at least 4 members (excludes halogenated alkanes) is 2. The van der Waals surface area contributed by atoms with Gasteiger partial charge in [0, 0.05) is 24.2 Å². The van der Waals surface area contributed by atoms with Crippen LogP contribution < -0.4 is 0 Å². The maximum absolute atomic E-state index is 13.2. The van der Waals surface area contributed by atoms with Gasteiger partial charge in [-0.25, -0.2) is 0 Å². The van der Waals surface area contributed by atoms with Crippen LogP contribution >= 0.6 is 0 Å².